The number of amides is 1. The SMILES string of the molecule is Cc1ccc(C(=O)N2CCC3(CC2)OCCN3S(=O)(=O)c2ccc(Cl)cc2)cc1C. The monoisotopic (exact) mass is 448 g/mol. The first-order valence-corrected chi connectivity index (χ1v) is 11.8. The van der Waals surface area contributed by atoms with Crippen LogP contribution < -0.4 is 0 Å². The van der Waals surface area contributed by atoms with Crippen molar-refractivity contribution >= 4 is 27.5 Å². The highest BCUT2D eigenvalue weighted by molar-refractivity contribution is 7.89. The van der Waals surface area contributed by atoms with Gasteiger partial charge in [0.25, 0.3) is 5.91 Å². The number of sulfonamides is 1. The third-order valence-corrected chi connectivity index (χ3v) is 8.32. The van der Waals surface area contributed by atoms with Crippen molar-refractivity contribution in [1.29, 1.82) is 0 Å². The quantitative estimate of drug-likeness (QED) is 0.719. The van der Waals surface area contributed by atoms with Crippen LogP contribution in [0, 0.1) is 13.8 Å². The van der Waals surface area contributed by atoms with E-state index in [2.05, 4.69) is 0 Å². The third kappa shape index (κ3) is 3.75. The van der Waals surface area contributed by atoms with Crippen molar-refractivity contribution in [2.24, 2.45) is 0 Å². The van der Waals surface area contributed by atoms with Crippen LogP contribution in [0.4, 0.5) is 0 Å². The number of aryl methyl sites for hydroxylation is 2. The van der Waals surface area contributed by atoms with E-state index in [-0.39, 0.29) is 10.8 Å². The molecule has 2 fully saturated rings. The highest BCUT2D eigenvalue weighted by Crippen LogP contribution is 2.38. The molecule has 2 aliphatic rings. The number of ether oxygens (including phenoxy) is 1. The largest absolute Gasteiger partial charge is 0.358 e. The molecular weight excluding hydrogens is 424 g/mol. The van der Waals surface area contributed by atoms with Crippen LogP contribution >= 0.6 is 11.6 Å². The molecule has 6 nitrogen and oxygen atoms in total. The summed E-state index contributed by atoms with van der Waals surface area (Å²) >= 11 is 5.91. The lowest BCUT2D eigenvalue weighted by atomic mass is 9.99. The Morgan fingerprint density at radius 3 is 2.30 bits per heavy atom. The fourth-order valence-corrected chi connectivity index (χ4v) is 6.03. The van der Waals surface area contributed by atoms with Gasteiger partial charge in [-0.1, -0.05) is 17.7 Å². The summed E-state index contributed by atoms with van der Waals surface area (Å²) in [5.41, 5.74) is 1.98. The molecule has 4 rings (SSSR count). The number of hydrogen-bond donors (Lipinski definition) is 0. The van der Waals surface area contributed by atoms with Crippen LogP contribution in [0.5, 0.6) is 0 Å². The van der Waals surface area contributed by atoms with E-state index in [0.29, 0.717) is 49.7 Å². The molecule has 0 atom stereocenters. The maximum atomic E-state index is 13.2. The van der Waals surface area contributed by atoms with Gasteiger partial charge in [0.2, 0.25) is 10.0 Å². The van der Waals surface area contributed by atoms with Crippen molar-refractivity contribution in [3.8, 4) is 0 Å². The predicted octanol–water partition coefficient (Wildman–Crippen LogP) is 3.61. The minimum absolute atomic E-state index is 0.0296. The summed E-state index contributed by atoms with van der Waals surface area (Å²) in [4.78, 5) is 14.9. The van der Waals surface area contributed by atoms with Gasteiger partial charge in [-0.25, -0.2) is 8.42 Å². The molecule has 0 bridgehead atoms. The molecule has 2 aromatic carbocycles. The number of hydrogen-bond acceptors (Lipinski definition) is 4. The summed E-state index contributed by atoms with van der Waals surface area (Å²) in [5, 5.41) is 0.486. The first kappa shape index (κ1) is 21.3. The van der Waals surface area contributed by atoms with Crippen LogP contribution in [0.15, 0.2) is 47.4 Å². The zero-order chi connectivity index (χ0) is 21.5. The molecule has 8 heteroatoms. The molecule has 0 saturated carbocycles. The van der Waals surface area contributed by atoms with Gasteiger partial charge in [-0.3, -0.25) is 4.79 Å². The Morgan fingerprint density at radius 2 is 1.67 bits per heavy atom. The molecule has 0 unspecified atom stereocenters. The molecule has 30 heavy (non-hydrogen) atoms. The second kappa shape index (κ2) is 7.96. The number of halogens is 1. The van der Waals surface area contributed by atoms with Crippen LogP contribution in [0.1, 0.15) is 34.3 Å². The van der Waals surface area contributed by atoms with Crippen molar-refractivity contribution in [3.05, 3.63) is 64.2 Å². The van der Waals surface area contributed by atoms with E-state index in [1.54, 1.807) is 17.0 Å². The molecule has 2 aliphatic heterocycles. The van der Waals surface area contributed by atoms with Crippen molar-refractivity contribution in [1.82, 2.24) is 9.21 Å². The Bertz CT molecular complexity index is 1060. The summed E-state index contributed by atoms with van der Waals surface area (Å²) in [7, 11) is -3.72. The Balaban J connectivity index is 1.52. The summed E-state index contributed by atoms with van der Waals surface area (Å²) in [6.45, 7) is 5.54. The van der Waals surface area contributed by atoms with E-state index in [1.165, 1.54) is 16.4 Å². The smallest absolute Gasteiger partial charge is 0.253 e. The molecule has 0 radical (unpaired) electrons. The fraction of sp³-hybridized carbons (Fsp3) is 0.409. The zero-order valence-electron chi connectivity index (χ0n) is 17.1. The maximum Gasteiger partial charge on any atom is 0.253 e. The highest BCUT2D eigenvalue weighted by atomic mass is 35.5. The summed E-state index contributed by atoms with van der Waals surface area (Å²) in [6.07, 6.45) is 0.882. The van der Waals surface area contributed by atoms with Crippen LogP contribution in [-0.4, -0.2) is 55.5 Å². The van der Waals surface area contributed by atoms with E-state index < -0.39 is 15.7 Å². The Labute approximate surface area is 182 Å². The second-order valence-electron chi connectivity index (χ2n) is 7.92. The summed E-state index contributed by atoms with van der Waals surface area (Å²) in [6, 6.07) is 11.9. The Morgan fingerprint density at radius 1 is 1.00 bits per heavy atom. The first-order valence-electron chi connectivity index (χ1n) is 10.0. The number of likely N-dealkylation sites (tertiary alicyclic amines) is 1. The predicted molar refractivity (Wildman–Crippen MR) is 115 cm³/mol. The van der Waals surface area contributed by atoms with Gasteiger partial charge in [0.05, 0.1) is 11.5 Å². The van der Waals surface area contributed by atoms with Gasteiger partial charge in [0, 0.05) is 43.1 Å². The first-order chi connectivity index (χ1) is 14.2. The third-order valence-electron chi connectivity index (χ3n) is 6.11. The van der Waals surface area contributed by atoms with Gasteiger partial charge >= 0.3 is 0 Å². The Kier molecular flexibility index (Phi) is 5.66. The van der Waals surface area contributed by atoms with E-state index >= 15 is 0 Å². The van der Waals surface area contributed by atoms with Crippen LogP contribution in [0.2, 0.25) is 5.02 Å². The molecule has 2 aromatic rings. The standard InChI is InChI=1S/C22H25ClN2O4S/c1-16-3-4-18(15-17(16)2)21(26)24-11-9-22(10-12-24)25(13-14-29-22)30(27,28)20-7-5-19(23)6-8-20/h3-8,15H,9-14H2,1-2H3. The molecule has 0 aliphatic carbocycles. The number of carbonyl (C=O) groups is 1. The van der Waals surface area contributed by atoms with E-state index in [1.807, 2.05) is 32.0 Å². The second-order valence-corrected chi connectivity index (χ2v) is 10.2. The van der Waals surface area contributed by atoms with Gasteiger partial charge in [-0.05, 0) is 61.4 Å². The van der Waals surface area contributed by atoms with E-state index in [4.69, 9.17) is 16.3 Å². The van der Waals surface area contributed by atoms with Crippen molar-refractivity contribution < 1.29 is 17.9 Å². The number of nitrogens with zero attached hydrogens (tertiary/aromatic N) is 2. The van der Waals surface area contributed by atoms with Gasteiger partial charge < -0.3 is 9.64 Å². The average molecular weight is 449 g/mol. The number of piperidine rings is 1. The zero-order valence-corrected chi connectivity index (χ0v) is 18.7. The number of carbonyl (C=O) groups excluding carboxylic acids is 1. The fourth-order valence-electron chi connectivity index (χ4n) is 4.18. The number of rotatable bonds is 3. The van der Waals surface area contributed by atoms with Crippen molar-refractivity contribution in [2.45, 2.75) is 37.3 Å². The molecular formula is C22H25ClN2O4S. The van der Waals surface area contributed by atoms with Crippen LogP contribution in [0.25, 0.3) is 0 Å². The van der Waals surface area contributed by atoms with E-state index in [9.17, 15) is 13.2 Å². The molecule has 0 N–H and O–H groups in total. The number of benzene rings is 2. The molecule has 1 amide bonds. The highest BCUT2D eigenvalue weighted by Gasteiger charge is 2.51. The molecule has 160 valence electrons. The Hall–Kier alpha value is -1.93. The lowest BCUT2D eigenvalue weighted by molar-refractivity contribution is -0.0857. The average Bonchev–Trinajstić information content (AvgIpc) is 3.14. The molecule has 2 saturated heterocycles. The van der Waals surface area contributed by atoms with Gasteiger partial charge in [0.15, 0.2) is 0 Å². The lowest BCUT2D eigenvalue weighted by Crippen LogP contribution is -2.55. The van der Waals surface area contributed by atoms with Crippen LogP contribution in [-0.2, 0) is 14.8 Å². The minimum Gasteiger partial charge on any atom is -0.358 e. The van der Waals surface area contributed by atoms with Gasteiger partial charge in [0.1, 0.15) is 5.72 Å². The summed E-state index contributed by atoms with van der Waals surface area (Å²) in [5.74, 6) is -0.0296. The van der Waals surface area contributed by atoms with E-state index in [0.717, 1.165) is 11.1 Å². The molecule has 1 spiro atoms. The molecule has 2 heterocycles. The van der Waals surface area contributed by atoms with Crippen molar-refractivity contribution in [3.63, 3.8) is 0 Å². The lowest BCUT2D eigenvalue weighted by Gasteiger charge is -2.42. The van der Waals surface area contributed by atoms with Crippen molar-refractivity contribution in [2.75, 3.05) is 26.2 Å². The minimum atomic E-state index is -3.72. The summed E-state index contributed by atoms with van der Waals surface area (Å²) < 4.78 is 33.9. The maximum absolute atomic E-state index is 13.2. The topological polar surface area (TPSA) is 66.9 Å². The molecule has 0 aromatic heterocycles. The normalized spacial score (nSPS) is 19.4. The van der Waals surface area contributed by atoms with Gasteiger partial charge in [-0.2, -0.15) is 4.31 Å². The van der Waals surface area contributed by atoms with Crippen LogP contribution in [0.3, 0.4) is 0 Å². The van der Waals surface area contributed by atoms with Gasteiger partial charge in [-0.15, -0.1) is 0 Å².